The van der Waals surface area contributed by atoms with Crippen LogP contribution in [0.1, 0.15) is 30.9 Å². The van der Waals surface area contributed by atoms with Crippen LogP contribution in [0.5, 0.6) is 0 Å². The van der Waals surface area contributed by atoms with Crippen molar-refractivity contribution >= 4 is 11.9 Å². The number of nitrogens with zero attached hydrogens (tertiary/aromatic N) is 2. The quantitative estimate of drug-likeness (QED) is 0.777. The highest BCUT2D eigenvalue weighted by Crippen LogP contribution is 2.18. The first-order chi connectivity index (χ1) is 9.23. The van der Waals surface area contributed by atoms with Crippen molar-refractivity contribution in [3.05, 3.63) is 17.0 Å². The lowest BCUT2D eigenvalue weighted by Crippen LogP contribution is -2.42. The Labute approximate surface area is 117 Å². The topological polar surface area (TPSA) is 104 Å². The highest BCUT2D eigenvalue weighted by atomic mass is 16.5. The van der Waals surface area contributed by atoms with Gasteiger partial charge in [0.15, 0.2) is 0 Å². The van der Waals surface area contributed by atoms with Crippen LogP contribution in [0, 0.1) is 19.8 Å². The number of carbonyl (C=O) groups is 2. The van der Waals surface area contributed by atoms with E-state index in [9.17, 15) is 9.59 Å². The summed E-state index contributed by atoms with van der Waals surface area (Å²) in [5.41, 5.74) is 1.49. The minimum Gasteiger partial charge on any atom is -0.481 e. The molecule has 20 heavy (non-hydrogen) atoms. The zero-order valence-electron chi connectivity index (χ0n) is 12.1. The molecule has 0 aliphatic heterocycles. The highest BCUT2D eigenvalue weighted by Gasteiger charge is 2.26. The molecule has 0 saturated heterocycles. The smallest absolute Gasteiger partial charge is 0.320 e. The van der Waals surface area contributed by atoms with Crippen LogP contribution < -0.4 is 0 Å². The van der Waals surface area contributed by atoms with Crippen LogP contribution in [-0.2, 0) is 16.1 Å². The average molecular weight is 284 g/mol. The lowest BCUT2D eigenvalue weighted by molar-refractivity contribution is -0.147. The molecule has 0 aliphatic carbocycles. The summed E-state index contributed by atoms with van der Waals surface area (Å²) < 4.78 is 5.05. The Hall–Kier alpha value is -1.89. The summed E-state index contributed by atoms with van der Waals surface area (Å²) in [7, 11) is 0. The Bertz CT molecular complexity index is 477. The predicted octanol–water partition coefficient (Wildman–Crippen LogP) is 1.29. The van der Waals surface area contributed by atoms with E-state index in [0.717, 1.165) is 5.56 Å². The molecule has 2 unspecified atom stereocenters. The van der Waals surface area contributed by atoms with E-state index in [1.807, 2.05) is 0 Å². The van der Waals surface area contributed by atoms with Gasteiger partial charge < -0.3 is 14.7 Å². The number of carboxylic acids is 2. The zero-order valence-corrected chi connectivity index (χ0v) is 12.1. The monoisotopic (exact) mass is 284 g/mol. The van der Waals surface area contributed by atoms with Gasteiger partial charge in [0.25, 0.3) is 0 Å². The molecular formula is C13H20N2O5. The maximum Gasteiger partial charge on any atom is 0.320 e. The van der Waals surface area contributed by atoms with Crippen LogP contribution in [0.3, 0.4) is 0 Å². The summed E-state index contributed by atoms with van der Waals surface area (Å²) in [6.07, 6.45) is 0. The van der Waals surface area contributed by atoms with Gasteiger partial charge in [-0.2, -0.15) is 0 Å². The molecule has 0 aliphatic rings. The molecule has 2 N–H and O–H groups in total. The van der Waals surface area contributed by atoms with Crippen molar-refractivity contribution in [1.82, 2.24) is 10.1 Å². The predicted molar refractivity (Wildman–Crippen MR) is 70.3 cm³/mol. The molecule has 0 aromatic carbocycles. The maximum atomic E-state index is 11.2. The van der Waals surface area contributed by atoms with Crippen molar-refractivity contribution < 1.29 is 24.3 Å². The van der Waals surface area contributed by atoms with Gasteiger partial charge in [-0.25, -0.2) is 0 Å². The van der Waals surface area contributed by atoms with Crippen molar-refractivity contribution in [2.75, 3.05) is 6.54 Å². The Morgan fingerprint density at radius 2 is 1.85 bits per heavy atom. The van der Waals surface area contributed by atoms with Crippen LogP contribution in [0.15, 0.2) is 4.52 Å². The fourth-order valence-corrected chi connectivity index (χ4v) is 1.88. The normalized spacial score (nSPS) is 14.2. The number of aryl methyl sites for hydroxylation is 2. The van der Waals surface area contributed by atoms with Gasteiger partial charge in [-0.15, -0.1) is 0 Å². The van der Waals surface area contributed by atoms with E-state index in [2.05, 4.69) is 5.16 Å². The summed E-state index contributed by atoms with van der Waals surface area (Å²) in [6.45, 7) is 7.06. The van der Waals surface area contributed by atoms with E-state index in [1.54, 1.807) is 25.7 Å². The average Bonchev–Trinajstić information content (AvgIpc) is 2.68. The first-order valence-electron chi connectivity index (χ1n) is 6.35. The molecule has 1 aromatic heterocycles. The standard InChI is InChI=1S/C13H20N2O5/c1-7(12(16)17)5-15(9(3)13(18)19)6-11-8(2)14-20-10(11)4/h7,9H,5-6H2,1-4H3,(H,16,17)(H,18,19). The molecule has 0 saturated carbocycles. The molecule has 112 valence electrons. The summed E-state index contributed by atoms with van der Waals surface area (Å²) in [4.78, 5) is 23.7. The molecule has 7 nitrogen and oxygen atoms in total. The molecule has 0 radical (unpaired) electrons. The maximum absolute atomic E-state index is 11.2. The number of rotatable bonds is 7. The van der Waals surface area contributed by atoms with Crippen molar-refractivity contribution in [3.8, 4) is 0 Å². The van der Waals surface area contributed by atoms with Crippen molar-refractivity contribution in [3.63, 3.8) is 0 Å². The molecule has 1 rings (SSSR count). The fraction of sp³-hybridized carbons (Fsp3) is 0.615. The molecule has 7 heteroatoms. The van der Waals surface area contributed by atoms with Gasteiger partial charge in [0, 0.05) is 18.7 Å². The number of hydrogen-bond acceptors (Lipinski definition) is 5. The van der Waals surface area contributed by atoms with Crippen LogP contribution in [0.4, 0.5) is 0 Å². The third kappa shape index (κ3) is 3.80. The zero-order chi connectivity index (χ0) is 15.4. The van der Waals surface area contributed by atoms with E-state index in [-0.39, 0.29) is 6.54 Å². The second-order valence-corrected chi connectivity index (χ2v) is 4.99. The minimum absolute atomic E-state index is 0.146. The third-order valence-electron chi connectivity index (χ3n) is 3.38. The van der Waals surface area contributed by atoms with Gasteiger partial charge in [0.1, 0.15) is 11.8 Å². The largest absolute Gasteiger partial charge is 0.481 e. The first kappa shape index (κ1) is 16.2. The molecule has 0 fully saturated rings. The first-order valence-corrected chi connectivity index (χ1v) is 6.35. The number of aromatic nitrogens is 1. The van der Waals surface area contributed by atoms with E-state index in [0.29, 0.717) is 18.0 Å². The van der Waals surface area contributed by atoms with Gasteiger partial charge >= 0.3 is 11.9 Å². The van der Waals surface area contributed by atoms with Gasteiger partial charge in [-0.3, -0.25) is 14.5 Å². The van der Waals surface area contributed by atoms with Crippen LogP contribution in [0.2, 0.25) is 0 Å². The highest BCUT2D eigenvalue weighted by molar-refractivity contribution is 5.73. The Morgan fingerprint density at radius 1 is 1.25 bits per heavy atom. The number of aliphatic carboxylic acids is 2. The molecule has 1 heterocycles. The summed E-state index contributed by atoms with van der Waals surface area (Å²) in [6, 6.07) is -0.787. The fourth-order valence-electron chi connectivity index (χ4n) is 1.88. The van der Waals surface area contributed by atoms with Crippen LogP contribution in [0.25, 0.3) is 0 Å². The SMILES string of the molecule is Cc1noc(C)c1CN(CC(C)C(=O)O)C(C)C(=O)O. The Balaban J connectivity index is 2.93. The van der Waals surface area contributed by atoms with Crippen molar-refractivity contribution in [2.24, 2.45) is 5.92 Å². The lowest BCUT2D eigenvalue weighted by atomic mass is 10.1. The van der Waals surface area contributed by atoms with Crippen molar-refractivity contribution in [1.29, 1.82) is 0 Å². The summed E-state index contributed by atoms with van der Waals surface area (Å²) in [5, 5.41) is 21.9. The van der Waals surface area contributed by atoms with Gasteiger partial charge in [0.05, 0.1) is 11.6 Å². The Kier molecular flexibility index (Phi) is 5.26. The van der Waals surface area contributed by atoms with Gasteiger partial charge in [0.2, 0.25) is 0 Å². The van der Waals surface area contributed by atoms with E-state index < -0.39 is 23.9 Å². The molecule has 0 bridgehead atoms. The molecule has 2 atom stereocenters. The molecule has 0 spiro atoms. The Morgan fingerprint density at radius 3 is 2.25 bits per heavy atom. The van der Waals surface area contributed by atoms with Gasteiger partial charge in [-0.1, -0.05) is 12.1 Å². The van der Waals surface area contributed by atoms with E-state index in [4.69, 9.17) is 14.7 Å². The van der Waals surface area contributed by atoms with Crippen LogP contribution in [-0.4, -0.2) is 44.8 Å². The third-order valence-corrected chi connectivity index (χ3v) is 3.38. The van der Waals surface area contributed by atoms with Crippen LogP contribution >= 0.6 is 0 Å². The number of hydrogen-bond donors (Lipinski definition) is 2. The van der Waals surface area contributed by atoms with E-state index in [1.165, 1.54) is 6.92 Å². The second-order valence-electron chi connectivity index (χ2n) is 4.99. The lowest BCUT2D eigenvalue weighted by Gasteiger charge is -2.27. The molecule has 1 aromatic rings. The van der Waals surface area contributed by atoms with E-state index >= 15 is 0 Å². The number of carboxylic acid groups (broad SMARTS) is 2. The van der Waals surface area contributed by atoms with Crippen molar-refractivity contribution in [2.45, 2.75) is 40.3 Å². The van der Waals surface area contributed by atoms with Gasteiger partial charge in [-0.05, 0) is 20.8 Å². The molecular weight excluding hydrogens is 264 g/mol. The minimum atomic E-state index is -0.991. The summed E-state index contributed by atoms with van der Waals surface area (Å²) >= 11 is 0. The molecule has 0 amide bonds. The second kappa shape index (κ2) is 6.51. The summed E-state index contributed by atoms with van der Waals surface area (Å²) in [5.74, 6) is -1.98.